The van der Waals surface area contributed by atoms with E-state index >= 15 is 0 Å². The number of carbonyl (C=O) groups excluding carboxylic acids is 1. The van der Waals surface area contributed by atoms with E-state index in [-0.39, 0.29) is 0 Å². The Balaban J connectivity index is 1.87. The van der Waals surface area contributed by atoms with E-state index in [4.69, 9.17) is 0 Å². The fourth-order valence-electron chi connectivity index (χ4n) is 3.06. The highest BCUT2D eigenvalue weighted by Crippen LogP contribution is 2.39. The van der Waals surface area contributed by atoms with Gasteiger partial charge >= 0.3 is 0 Å². The van der Waals surface area contributed by atoms with Gasteiger partial charge in [-0.05, 0) is 50.5 Å². The van der Waals surface area contributed by atoms with Crippen molar-refractivity contribution in [2.45, 2.75) is 69.6 Å². The van der Waals surface area contributed by atoms with Crippen LogP contribution >= 0.6 is 11.3 Å². The van der Waals surface area contributed by atoms with Gasteiger partial charge in [-0.25, -0.2) is 0 Å². The van der Waals surface area contributed by atoms with E-state index in [1.54, 1.807) is 11.3 Å². The lowest BCUT2D eigenvalue weighted by Crippen LogP contribution is -2.09. The Bertz CT molecular complexity index is 555. The van der Waals surface area contributed by atoms with Gasteiger partial charge in [0.15, 0.2) is 0 Å². The van der Waals surface area contributed by atoms with Crippen molar-refractivity contribution < 1.29 is 9.00 Å². The second-order valence-corrected chi connectivity index (χ2v) is 8.98. The largest absolute Gasteiger partial charge is 0.299 e. The molecule has 0 N–H and O–H groups in total. The van der Waals surface area contributed by atoms with E-state index in [0.29, 0.717) is 18.1 Å². The second kappa shape index (κ2) is 6.74. The molecule has 1 fully saturated rings. The molecule has 1 saturated carbocycles. The topological polar surface area (TPSA) is 34.1 Å². The van der Waals surface area contributed by atoms with Crippen LogP contribution in [0.1, 0.15) is 60.8 Å². The Kier molecular flexibility index (Phi) is 4.95. The van der Waals surface area contributed by atoms with E-state index in [1.807, 2.05) is 0 Å². The maximum atomic E-state index is 12.7. The van der Waals surface area contributed by atoms with Crippen molar-refractivity contribution in [3.63, 3.8) is 0 Å². The third-order valence-corrected chi connectivity index (χ3v) is 7.50. The van der Waals surface area contributed by atoms with Gasteiger partial charge in [-0.15, -0.1) is 11.3 Å². The molecular formula is C17H24O2S2. The second-order valence-electron chi connectivity index (χ2n) is 6.28. The molecule has 2 aliphatic carbocycles. The Morgan fingerprint density at radius 3 is 2.76 bits per heavy atom. The fourth-order valence-corrected chi connectivity index (χ4v) is 6.41. The molecule has 1 aromatic heterocycles. The summed E-state index contributed by atoms with van der Waals surface area (Å²) in [4.78, 5) is 15.8. The molecule has 0 saturated heterocycles. The molecule has 0 radical (unpaired) electrons. The van der Waals surface area contributed by atoms with Crippen molar-refractivity contribution in [1.29, 1.82) is 0 Å². The molecule has 1 heterocycles. The molecule has 116 valence electrons. The van der Waals surface area contributed by atoms with Gasteiger partial charge in [0, 0.05) is 27.8 Å². The molecular weight excluding hydrogens is 300 g/mol. The van der Waals surface area contributed by atoms with Gasteiger partial charge in [-0.3, -0.25) is 9.00 Å². The fraction of sp³-hybridized carbons (Fsp3) is 0.706. The van der Waals surface area contributed by atoms with E-state index in [9.17, 15) is 9.00 Å². The zero-order chi connectivity index (χ0) is 14.8. The summed E-state index contributed by atoms with van der Waals surface area (Å²) in [5.74, 6) is 1.44. The van der Waals surface area contributed by atoms with E-state index < -0.39 is 10.8 Å². The number of rotatable bonds is 7. The minimum absolute atomic E-state index is 0.307. The summed E-state index contributed by atoms with van der Waals surface area (Å²) in [6.45, 7) is 2.14. The molecule has 1 aromatic rings. The molecule has 0 spiro atoms. The van der Waals surface area contributed by atoms with Gasteiger partial charge in [0.05, 0.1) is 15.7 Å². The monoisotopic (exact) mass is 324 g/mol. The summed E-state index contributed by atoms with van der Waals surface area (Å²) in [5, 5.41) is 0. The SMILES string of the molecule is CCCCS(=O)c1c(CC(=O)C2CC2)sc2c1CCCC2. The predicted octanol–water partition coefficient (Wildman–Crippen LogP) is 4.06. The summed E-state index contributed by atoms with van der Waals surface area (Å²) >= 11 is 1.78. The van der Waals surface area contributed by atoms with E-state index in [0.717, 1.165) is 54.1 Å². The summed E-state index contributed by atoms with van der Waals surface area (Å²) in [6.07, 6.45) is 9.39. The molecule has 0 aromatic carbocycles. The van der Waals surface area contributed by atoms with Crippen LogP contribution in [0.5, 0.6) is 0 Å². The Morgan fingerprint density at radius 1 is 1.29 bits per heavy atom. The molecule has 4 heteroatoms. The van der Waals surface area contributed by atoms with Crippen LogP contribution in [0.2, 0.25) is 0 Å². The van der Waals surface area contributed by atoms with E-state index in [2.05, 4.69) is 6.92 Å². The minimum atomic E-state index is -0.904. The standard InChI is InChI=1S/C17H24O2S2/c1-2-3-10-21(19)17-13-6-4-5-7-15(13)20-16(17)11-14(18)12-8-9-12/h12H,2-11H2,1H3. The first kappa shape index (κ1) is 15.4. The number of fused-ring (bicyclic) bond motifs is 1. The Hall–Kier alpha value is -0.480. The van der Waals surface area contributed by atoms with Crippen LogP contribution in [0.4, 0.5) is 0 Å². The maximum Gasteiger partial charge on any atom is 0.141 e. The number of thiophene rings is 1. The first-order valence-corrected chi connectivity index (χ1v) is 10.4. The summed E-state index contributed by atoms with van der Waals surface area (Å²) in [5.41, 5.74) is 1.35. The van der Waals surface area contributed by atoms with Gasteiger partial charge in [-0.2, -0.15) is 0 Å². The van der Waals surface area contributed by atoms with Gasteiger partial charge in [0.2, 0.25) is 0 Å². The molecule has 1 atom stereocenters. The van der Waals surface area contributed by atoms with Crippen LogP contribution in [0, 0.1) is 5.92 Å². The molecule has 1 unspecified atom stereocenters. The highest BCUT2D eigenvalue weighted by molar-refractivity contribution is 7.85. The lowest BCUT2D eigenvalue weighted by molar-refractivity contribution is -0.119. The van der Waals surface area contributed by atoms with Crippen LogP contribution in [-0.2, 0) is 34.9 Å². The first-order valence-electron chi connectivity index (χ1n) is 8.25. The summed E-state index contributed by atoms with van der Waals surface area (Å²) < 4.78 is 12.7. The first-order chi connectivity index (χ1) is 10.2. The zero-order valence-electron chi connectivity index (χ0n) is 12.8. The number of hydrogen-bond donors (Lipinski definition) is 0. The van der Waals surface area contributed by atoms with Crippen molar-refractivity contribution in [3.8, 4) is 0 Å². The van der Waals surface area contributed by atoms with Gasteiger partial charge in [0.25, 0.3) is 0 Å². The van der Waals surface area contributed by atoms with Crippen molar-refractivity contribution >= 4 is 27.9 Å². The molecule has 2 nitrogen and oxygen atoms in total. The molecule has 3 rings (SSSR count). The quantitative estimate of drug-likeness (QED) is 0.758. The molecule has 2 aliphatic rings. The number of Topliss-reactive ketones (excluding diaryl/α,β-unsaturated/α-hetero) is 1. The Labute approximate surface area is 133 Å². The average molecular weight is 325 g/mol. The summed E-state index contributed by atoms with van der Waals surface area (Å²) in [6, 6.07) is 0. The normalized spacial score (nSPS) is 19.3. The number of aryl methyl sites for hydroxylation is 1. The average Bonchev–Trinajstić information content (AvgIpc) is 3.26. The van der Waals surface area contributed by atoms with Gasteiger partial charge < -0.3 is 0 Å². The highest BCUT2D eigenvalue weighted by Gasteiger charge is 2.32. The molecule has 0 amide bonds. The molecule has 0 bridgehead atoms. The van der Waals surface area contributed by atoms with Crippen LogP contribution in [0.25, 0.3) is 0 Å². The lowest BCUT2D eigenvalue weighted by atomic mass is 9.98. The number of ketones is 1. The highest BCUT2D eigenvalue weighted by atomic mass is 32.2. The van der Waals surface area contributed by atoms with Crippen LogP contribution in [-0.4, -0.2) is 15.7 Å². The zero-order valence-corrected chi connectivity index (χ0v) is 14.4. The molecule has 21 heavy (non-hydrogen) atoms. The predicted molar refractivity (Wildman–Crippen MR) is 88.6 cm³/mol. The van der Waals surface area contributed by atoms with Gasteiger partial charge in [-0.1, -0.05) is 13.3 Å². The number of hydrogen-bond acceptors (Lipinski definition) is 3. The van der Waals surface area contributed by atoms with Crippen LogP contribution in [0.3, 0.4) is 0 Å². The third-order valence-electron chi connectivity index (χ3n) is 4.47. The minimum Gasteiger partial charge on any atom is -0.299 e. The van der Waals surface area contributed by atoms with Crippen LogP contribution < -0.4 is 0 Å². The van der Waals surface area contributed by atoms with Crippen molar-refractivity contribution in [2.75, 3.05) is 5.75 Å². The molecule has 0 aliphatic heterocycles. The van der Waals surface area contributed by atoms with Crippen molar-refractivity contribution in [3.05, 3.63) is 15.3 Å². The van der Waals surface area contributed by atoms with Gasteiger partial charge in [0.1, 0.15) is 5.78 Å². The van der Waals surface area contributed by atoms with E-state index in [1.165, 1.54) is 23.3 Å². The third kappa shape index (κ3) is 3.48. The maximum absolute atomic E-state index is 12.7. The Morgan fingerprint density at radius 2 is 2.05 bits per heavy atom. The number of carbonyl (C=O) groups is 1. The number of unbranched alkanes of at least 4 members (excludes halogenated alkanes) is 1. The lowest BCUT2D eigenvalue weighted by Gasteiger charge is -2.12. The summed E-state index contributed by atoms with van der Waals surface area (Å²) in [7, 11) is -0.904. The van der Waals surface area contributed by atoms with Crippen molar-refractivity contribution in [1.82, 2.24) is 0 Å². The van der Waals surface area contributed by atoms with Crippen LogP contribution in [0.15, 0.2) is 4.90 Å². The smallest absolute Gasteiger partial charge is 0.141 e. The van der Waals surface area contributed by atoms with Crippen molar-refractivity contribution in [2.24, 2.45) is 5.92 Å².